The molecule has 2 N–H and O–H groups in total. The molecular weight excluding hydrogens is 295 g/mol. The van der Waals surface area contributed by atoms with Crippen LogP contribution in [-0.2, 0) is 10.2 Å². The van der Waals surface area contributed by atoms with Crippen LogP contribution in [0.25, 0.3) is 0 Å². The molecule has 2 rings (SSSR count). The van der Waals surface area contributed by atoms with Crippen molar-refractivity contribution in [2.75, 3.05) is 20.1 Å². The molecule has 0 aliphatic heterocycles. The third-order valence-corrected chi connectivity index (χ3v) is 4.25. The fourth-order valence-corrected chi connectivity index (χ4v) is 2.70. The van der Waals surface area contributed by atoms with E-state index in [0.717, 1.165) is 31.0 Å². The van der Waals surface area contributed by atoms with Crippen LogP contribution in [0.2, 0.25) is 5.02 Å². The molecule has 0 atom stereocenters. The normalized spacial score (nSPS) is 15.9. The molecule has 5 heteroatoms. The maximum Gasteiger partial charge on any atom is 0.221 e. The fourth-order valence-electron chi connectivity index (χ4n) is 2.57. The zero-order chi connectivity index (χ0) is 13.7. The predicted octanol–water partition coefficient (Wildman–Crippen LogP) is 2.91. The minimum atomic E-state index is 0. The Bertz CT molecular complexity index is 430. The van der Waals surface area contributed by atoms with E-state index in [1.807, 2.05) is 19.2 Å². The second-order valence-corrected chi connectivity index (χ2v) is 5.71. The Labute approximate surface area is 131 Å². The van der Waals surface area contributed by atoms with Crippen molar-refractivity contribution in [1.29, 1.82) is 0 Å². The van der Waals surface area contributed by atoms with Crippen molar-refractivity contribution in [3.05, 3.63) is 34.9 Å². The predicted molar refractivity (Wildman–Crippen MR) is 85.8 cm³/mol. The smallest absolute Gasteiger partial charge is 0.221 e. The summed E-state index contributed by atoms with van der Waals surface area (Å²) >= 11 is 5.93. The van der Waals surface area contributed by atoms with Crippen molar-refractivity contribution in [2.24, 2.45) is 0 Å². The van der Waals surface area contributed by atoms with E-state index in [9.17, 15) is 4.79 Å². The van der Waals surface area contributed by atoms with Gasteiger partial charge in [0.15, 0.2) is 0 Å². The number of benzene rings is 1. The minimum Gasteiger partial charge on any atom is -0.355 e. The van der Waals surface area contributed by atoms with Crippen LogP contribution in [0.5, 0.6) is 0 Å². The van der Waals surface area contributed by atoms with E-state index >= 15 is 0 Å². The van der Waals surface area contributed by atoms with Crippen molar-refractivity contribution in [1.82, 2.24) is 10.6 Å². The van der Waals surface area contributed by atoms with Crippen LogP contribution in [-0.4, -0.2) is 26.0 Å². The highest BCUT2D eigenvalue weighted by Gasteiger charge is 2.38. The van der Waals surface area contributed by atoms with Crippen LogP contribution < -0.4 is 10.6 Å². The molecule has 0 heterocycles. The summed E-state index contributed by atoms with van der Waals surface area (Å²) in [7, 11) is 1.86. The first-order valence-corrected chi connectivity index (χ1v) is 7.21. The van der Waals surface area contributed by atoms with Gasteiger partial charge in [-0.3, -0.25) is 4.79 Å². The Kier molecular flexibility index (Phi) is 6.80. The van der Waals surface area contributed by atoms with E-state index < -0.39 is 0 Å². The Morgan fingerprint density at radius 2 is 1.95 bits per heavy atom. The topological polar surface area (TPSA) is 41.1 Å². The highest BCUT2D eigenvalue weighted by Crippen LogP contribution is 2.43. The summed E-state index contributed by atoms with van der Waals surface area (Å²) in [5.74, 6) is 0.120. The molecule has 1 aliphatic carbocycles. The van der Waals surface area contributed by atoms with Gasteiger partial charge in [-0.15, -0.1) is 12.4 Å². The molecule has 0 unspecified atom stereocenters. The van der Waals surface area contributed by atoms with Crippen LogP contribution in [0.4, 0.5) is 0 Å². The molecule has 3 nitrogen and oxygen atoms in total. The van der Waals surface area contributed by atoms with Crippen molar-refractivity contribution in [2.45, 2.75) is 31.1 Å². The minimum absolute atomic E-state index is 0. The second kappa shape index (κ2) is 7.87. The van der Waals surface area contributed by atoms with Crippen molar-refractivity contribution < 1.29 is 4.79 Å². The summed E-state index contributed by atoms with van der Waals surface area (Å²) in [6.07, 6.45) is 4.05. The Balaban J connectivity index is 0.00000200. The number of nitrogens with one attached hydrogen (secondary N) is 2. The average molecular weight is 317 g/mol. The van der Waals surface area contributed by atoms with Crippen LogP contribution in [0.1, 0.15) is 31.2 Å². The van der Waals surface area contributed by atoms with Gasteiger partial charge in [0.2, 0.25) is 5.91 Å². The molecule has 1 aliphatic rings. The maximum absolute atomic E-state index is 11.7. The van der Waals surface area contributed by atoms with E-state index in [0.29, 0.717) is 6.42 Å². The van der Waals surface area contributed by atoms with Gasteiger partial charge in [0, 0.05) is 29.9 Å². The zero-order valence-corrected chi connectivity index (χ0v) is 13.3. The molecular formula is C15H22Cl2N2O. The molecule has 0 aromatic heterocycles. The van der Waals surface area contributed by atoms with Crippen LogP contribution in [0.15, 0.2) is 24.3 Å². The van der Waals surface area contributed by atoms with Crippen molar-refractivity contribution in [3.8, 4) is 0 Å². The van der Waals surface area contributed by atoms with Gasteiger partial charge >= 0.3 is 0 Å². The number of carbonyl (C=O) groups excluding carboxylic acids is 1. The largest absolute Gasteiger partial charge is 0.355 e. The number of amides is 1. The summed E-state index contributed by atoms with van der Waals surface area (Å²) in [6.45, 7) is 1.46. The van der Waals surface area contributed by atoms with E-state index in [1.165, 1.54) is 12.0 Å². The van der Waals surface area contributed by atoms with E-state index in [4.69, 9.17) is 11.6 Å². The fraction of sp³-hybridized carbons (Fsp3) is 0.533. The van der Waals surface area contributed by atoms with Gasteiger partial charge < -0.3 is 10.6 Å². The monoisotopic (exact) mass is 316 g/mol. The summed E-state index contributed by atoms with van der Waals surface area (Å²) in [5.41, 5.74) is 1.41. The first-order chi connectivity index (χ1) is 9.16. The molecule has 112 valence electrons. The lowest BCUT2D eigenvalue weighted by molar-refractivity contribution is -0.121. The lowest BCUT2D eigenvalue weighted by Crippen LogP contribution is -2.45. The summed E-state index contributed by atoms with van der Waals surface area (Å²) in [6, 6.07) is 8.03. The van der Waals surface area contributed by atoms with Gasteiger partial charge in [-0.25, -0.2) is 0 Å². The van der Waals surface area contributed by atoms with E-state index in [1.54, 1.807) is 0 Å². The van der Waals surface area contributed by atoms with E-state index in [-0.39, 0.29) is 23.7 Å². The maximum atomic E-state index is 11.7. The molecule has 1 fully saturated rings. The zero-order valence-electron chi connectivity index (χ0n) is 11.7. The molecule has 0 spiro atoms. The highest BCUT2D eigenvalue weighted by molar-refractivity contribution is 6.30. The molecule has 20 heavy (non-hydrogen) atoms. The quantitative estimate of drug-likeness (QED) is 0.847. The van der Waals surface area contributed by atoms with Gasteiger partial charge in [0.25, 0.3) is 0 Å². The number of halogens is 2. The first-order valence-electron chi connectivity index (χ1n) is 6.84. The van der Waals surface area contributed by atoms with Crippen LogP contribution >= 0.6 is 24.0 Å². The van der Waals surface area contributed by atoms with Gasteiger partial charge in [-0.05, 0) is 37.6 Å². The molecule has 1 amide bonds. The van der Waals surface area contributed by atoms with Crippen molar-refractivity contribution >= 4 is 29.9 Å². The first kappa shape index (κ1) is 17.3. The molecule has 0 saturated heterocycles. The second-order valence-electron chi connectivity index (χ2n) is 5.27. The Morgan fingerprint density at radius 1 is 1.30 bits per heavy atom. The Morgan fingerprint density at radius 3 is 2.45 bits per heavy atom. The lowest BCUT2D eigenvalue weighted by Gasteiger charge is -2.42. The molecule has 1 aromatic carbocycles. The standard InChI is InChI=1S/C15H21ClN2O.ClH/c1-17-10-7-14(19)18-11-15(8-2-9-15)12-3-5-13(16)6-4-12;/h3-6,17H,2,7-11H2,1H3,(H,18,19);1H. The summed E-state index contributed by atoms with van der Waals surface area (Å²) in [5, 5.41) is 6.81. The summed E-state index contributed by atoms with van der Waals surface area (Å²) < 4.78 is 0. The molecule has 1 aromatic rings. The third-order valence-electron chi connectivity index (χ3n) is 3.99. The van der Waals surface area contributed by atoms with E-state index in [2.05, 4.69) is 22.8 Å². The number of rotatable bonds is 6. The van der Waals surface area contributed by atoms with Gasteiger partial charge in [0.1, 0.15) is 0 Å². The molecule has 0 bridgehead atoms. The number of hydrogen-bond donors (Lipinski definition) is 2. The average Bonchev–Trinajstić information content (AvgIpc) is 2.37. The van der Waals surface area contributed by atoms with Gasteiger partial charge in [-0.1, -0.05) is 30.2 Å². The Hall–Kier alpha value is -0.770. The highest BCUT2D eigenvalue weighted by atomic mass is 35.5. The van der Waals surface area contributed by atoms with Crippen LogP contribution in [0, 0.1) is 0 Å². The lowest BCUT2D eigenvalue weighted by atomic mass is 9.64. The number of carbonyl (C=O) groups is 1. The number of hydrogen-bond acceptors (Lipinski definition) is 2. The van der Waals surface area contributed by atoms with Gasteiger partial charge in [0.05, 0.1) is 0 Å². The third kappa shape index (κ3) is 4.11. The molecule has 0 radical (unpaired) electrons. The summed E-state index contributed by atoms with van der Waals surface area (Å²) in [4.78, 5) is 11.7. The molecule has 1 saturated carbocycles. The SMILES string of the molecule is CNCCC(=O)NCC1(c2ccc(Cl)cc2)CCC1.Cl. The van der Waals surface area contributed by atoms with Crippen LogP contribution in [0.3, 0.4) is 0 Å². The van der Waals surface area contributed by atoms with Crippen molar-refractivity contribution in [3.63, 3.8) is 0 Å². The van der Waals surface area contributed by atoms with Gasteiger partial charge in [-0.2, -0.15) is 0 Å².